The molecule has 0 radical (unpaired) electrons. The number of aromatic nitrogens is 4. The number of halogens is 1. The predicted molar refractivity (Wildman–Crippen MR) is 93.3 cm³/mol. The lowest BCUT2D eigenvalue weighted by atomic mass is 10.2. The number of rotatable bonds is 6. The van der Waals surface area contributed by atoms with Gasteiger partial charge in [0.2, 0.25) is 5.91 Å². The highest BCUT2D eigenvalue weighted by molar-refractivity contribution is 9.10. The molecule has 2 N–H and O–H groups in total. The second-order valence-electron chi connectivity index (χ2n) is 5.28. The number of aromatic carboxylic acids is 1. The molecule has 1 amide bonds. The second kappa shape index (κ2) is 7.31. The van der Waals surface area contributed by atoms with Gasteiger partial charge in [0.1, 0.15) is 12.2 Å². The third-order valence-corrected chi connectivity index (χ3v) is 3.82. The molecule has 3 rings (SSSR count). The third-order valence-electron chi connectivity index (χ3n) is 3.41. The van der Waals surface area contributed by atoms with Crippen molar-refractivity contribution in [2.45, 2.75) is 13.1 Å². The van der Waals surface area contributed by atoms with Gasteiger partial charge in [0.15, 0.2) is 0 Å². The largest absolute Gasteiger partial charge is 0.477 e. The Bertz CT molecular complexity index is 901. The number of amides is 1. The first-order valence-corrected chi connectivity index (χ1v) is 8.12. The summed E-state index contributed by atoms with van der Waals surface area (Å²) in [7, 11) is 0. The van der Waals surface area contributed by atoms with E-state index in [-0.39, 0.29) is 18.1 Å². The SMILES string of the molecule is O=C(Cn1nccc1C(=O)O)Nc1ccc(Cn2cc(Br)cn2)cc1. The summed E-state index contributed by atoms with van der Waals surface area (Å²) >= 11 is 3.35. The fourth-order valence-electron chi connectivity index (χ4n) is 2.28. The van der Waals surface area contributed by atoms with Crippen LogP contribution in [-0.4, -0.2) is 36.5 Å². The number of carboxylic acids is 1. The van der Waals surface area contributed by atoms with Gasteiger partial charge in [0.25, 0.3) is 0 Å². The van der Waals surface area contributed by atoms with Crippen molar-refractivity contribution in [1.82, 2.24) is 19.6 Å². The van der Waals surface area contributed by atoms with Crippen molar-refractivity contribution < 1.29 is 14.7 Å². The van der Waals surface area contributed by atoms with E-state index < -0.39 is 5.97 Å². The zero-order valence-corrected chi connectivity index (χ0v) is 14.5. The van der Waals surface area contributed by atoms with Crippen molar-refractivity contribution >= 4 is 33.5 Å². The van der Waals surface area contributed by atoms with E-state index >= 15 is 0 Å². The molecule has 0 atom stereocenters. The summed E-state index contributed by atoms with van der Waals surface area (Å²) in [5.41, 5.74) is 1.63. The Balaban J connectivity index is 1.60. The molecule has 0 aliphatic carbocycles. The van der Waals surface area contributed by atoms with Gasteiger partial charge >= 0.3 is 5.97 Å². The maximum atomic E-state index is 12.0. The van der Waals surface area contributed by atoms with Gasteiger partial charge in [-0.25, -0.2) is 9.48 Å². The van der Waals surface area contributed by atoms with Crippen molar-refractivity contribution in [3.63, 3.8) is 0 Å². The number of carbonyl (C=O) groups is 2. The molecule has 0 saturated heterocycles. The average Bonchev–Trinajstić information content (AvgIpc) is 3.18. The van der Waals surface area contributed by atoms with E-state index in [0.717, 1.165) is 14.7 Å². The molecule has 0 aliphatic heterocycles. The molecule has 2 heterocycles. The first-order valence-electron chi connectivity index (χ1n) is 7.33. The summed E-state index contributed by atoms with van der Waals surface area (Å²) in [5.74, 6) is -1.48. The third kappa shape index (κ3) is 4.32. The van der Waals surface area contributed by atoms with Gasteiger partial charge in [-0.1, -0.05) is 12.1 Å². The Labute approximate surface area is 151 Å². The van der Waals surface area contributed by atoms with Crippen LogP contribution in [-0.2, 0) is 17.9 Å². The summed E-state index contributed by atoms with van der Waals surface area (Å²) in [6, 6.07) is 8.70. The summed E-state index contributed by atoms with van der Waals surface area (Å²) < 4.78 is 3.85. The molecule has 9 heteroatoms. The number of carbonyl (C=O) groups excluding carboxylic acids is 1. The molecule has 0 spiro atoms. The van der Waals surface area contributed by atoms with Crippen molar-refractivity contribution in [3.05, 3.63) is 64.7 Å². The molecule has 1 aromatic carbocycles. The van der Waals surface area contributed by atoms with Crippen LogP contribution >= 0.6 is 15.9 Å². The van der Waals surface area contributed by atoms with Crippen LogP contribution < -0.4 is 5.32 Å². The lowest BCUT2D eigenvalue weighted by molar-refractivity contribution is -0.116. The molecule has 0 unspecified atom stereocenters. The van der Waals surface area contributed by atoms with Crippen LogP contribution in [0.15, 0.2) is 53.4 Å². The Hall–Kier alpha value is -2.94. The van der Waals surface area contributed by atoms with Gasteiger partial charge in [-0.05, 0) is 39.7 Å². The maximum Gasteiger partial charge on any atom is 0.354 e. The van der Waals surface area contributed by atoms with Gasteiger partial charge in [-0.15, -0.1) is 0 Å². The average molecular weight is 404 g/mol. The van der Waals surface area contributed by atoms with Crippen LogP contribution in [0, 0.1) is 0 Å². The Morgan fingerprint density at radius 3 is 2.56 bits per heavy atom. The first kappa shape index (κ1) is 16.9. The number of hydrogen-bond acceptors (Lipinski definition) is 4. The first-order chi connectivity index (χ1) is 12.0. The Morgan fingerprint density at radius 2 is 1.92 bits per heavy atom. The van der Waals surface area contributed by atoms with E-state index in [1.54, 1.807) is 23.0 Å². The van der Waals surface area contributed by atoms with Crippen LogP contribution in [0.2, 0.25) is 0 Å². The molecular weight excluding hydrogens is 390 g/mol. The topological polar surface area (TPSA) is 102 Å². The Kier molecular flexibility index (Phi) is 4.94. The smallest absolute Gasteiger partial charge is 0.354 e. The lowest BCUT2D eigenvalue weighted by Crippen LogP contribution is -2.22. The minimum absolute atomic E-state index is 0.0316. The number of anilines is 1. The summed E-state index contributed by atoms with van der Waals surface area (Å²) in [6.07, 6.45) is 4.94. The molecule has 0 bridgehead atoms. The van der Waals surface area contributed by atoms with E-state index in [1.165, 1.54) is 12.3 Å². The van der Waals surface area contributed by atoms with Gasteiger partial charge in [-0.3, -0.25) is 9.48 Å². The number of benzene rings is 1. The van der Waals surface area contributed by atoms with Crippen LogP contribution in [0.25, 0.3) is 0 Å². The van der Waals surface area contributed by atoms with Crippen molar-refractivity contribution in [3.8, 4) is 0 Å². The number of hydrogen-bond donors (Lipinski definition) is 2. The Morgan fingerprint density at radius 1 is 1.16 bits per heavy atom. The molecule has 3 aromatic rings. The maximum absolute atomic E-state index is 12.0. The van der Waals surface area contributed by atoms with E-state index in [2.05, 4.69) is 31.4 Å². The normalized spacial score (nSPS) is 10.6. The van der Waals surface area contributed by atoms with Gasteiger partial charge in [0.05, 0.1) is 17.2 Å². The molecule has 0 saturated carbocycles. The monoisotopic (exact) mass is 403 g/mol. The molecule has 0 aliphatic rings. The van der Waals surface area contributed by atoms with E-state index in [9.17, 15) is 9.59 Å². The van der Waals surface area contributed by atoms with Crippen molar-refractivity contribution in [2.24, 2.45) is 0 Å². The zero-order valence-electron chi connectivity index (χ0n) is 13.0. The fraction of sp³-hybridized carbons (Fsp3) is 0.125. The van der Waals surface area contributed by atoms with E-state index in [4.69, 9.17) is 5.11 Å². The number of nitrogens with zero attached hydrogens (tertiary/aromatic N) is 4. The lowest BCUT2D eigenvalue weighted by Gasteiger charge is -2.08. The summed E-state index contributed by atoms with van der Waals surface area (Å²) in [4.78, 5) is 23.1. The molecular formula is C16H14BrN5O3. The number of nitrogens with one attached hydrogen (secondary N) is 1. The standard InChI is InChI=1S/C16H14BrN5O3/c17-12-7-19-21(9-12)8-11-1-3-13(4-2-11)20-15(23)10-22-14(16(24)25)5-6-18-22/h1-7,9H,8,10H2,(H,20,23)(H,24,25). The van der Waals surface area contributed by atoms with Gasteiger partial charge in [-0.2, -0.15) is 10.2 Å². The molecule has 128 valence electrons. The number of carboxylic acid groups (broad SMARTS) is 1. The summed E-state index contributed by atoms with van der Waals surface area (Å²) in [6.45, 7) is 0.451. The molecule has 25 heavy (non-hydrogen) atoms. The molecule has 0 fully saturated rings. The highest BCUT2D eigenvalue weighted by Gasteiger charge is 2.13. The summed E-state index contributed by atoms with van der Waals surface area (Å²) in [5, 5.41) is 19.8. The molecule has 8 nitrogen and oxygen atoms in total. The van der Waals surface area contributed by atoms with Crippen LogP contribution in [0.5, 0.6) is 0 Å². The van der Waals surface area contributed by atoms with Gasteiger partial charge < -0.3 is 10.4 Å². The predicted octanol–water partition coefficient (Wildman–Crippen LogP) is 2.23. The van der Waals surface area contributed by atoms with E-state index in [0.29, 0.717) is 12.2 Å². The highest BCUT2D eigenvalue weighted by Crippen LogP contribution is 2.13. The van der Waals surface area contributed by atoms with Gasteiger partial charge in [0, 0.05) is 18.1 Å². The minimum Gasteiger partial charge on any atom is -0.477 e. The van der Waals surface area contributed by atoms with Crippen LogP contribution in [0.3, 0.4) is 0 Å². The highest BCUT2D eigenvalue weighted by atomic mass is 79.9. The molecule has 2 aromatic heterocycles. The second-order valence-corrected chi connectivity index (χ2v) is 6.20. The van der Waals surface area contributed by atoms with Crippen molar-refractivity contribution in [1.29, 1.82) is 0 Å². The fourth-order valence-corrected chi connectivity index (χ4v) is 2.61. The van der Waals surface area contributed by atoms with Crippen molar-refractivity contribution in [2.75, 3.05) is 5.32 Å². The van der Waals surface area contributed by atoms with Crippen LogP contribution in [0.4, 0.5) is 5.69 Å². The quantitative estimate of drug-likeness (QED) is 0.656. The zero-order chi connectivity index (χ0) is 17.8. The minimum atomic E-state index is -1.13. The van der Waals surface area contributed by atoms with E-state index in [1.807, 2.05) is 18.3 Å². The van der Waals surface area contributed by atoms with Crippen LogP contribution in [0.1, 0.15) is 16.1 Å².